The monoisotopic (exact) mass is 456 g/mol. The van der Waals surface area contributed by atoms with E-state index >= 15 is 0 Å². The summed E-state index contributed by atoms with van der Waals surface area (Å²) in [6, 6.07) is 13.7. The van der Waals surface area contributed by atoms with E-state index in [0.717, 1.165) is 0 Å². The quantitative estimate of drug-likeness (QED) is 0.431. The molecule has 0 aromatic heterocycles. The van der Waals surface area contributed by atoms with Crippen molar-refractivity contribution < 1.29 is 25.9 Å². The molecule has 0 heterocycles. The molecule has 0 radical (unpaired) electrons. The Kier molecular flexibility index (Phi) is 4.12. The highest BCUT2D eigenvalue weighted by molar-refractivity contribution is 8.05. The smallest absolute Gasteiger partial charge is 0.284 e. The fourth-order valence-electron chi connectivity index (χ4n) is 4.66. The number of allylic oxidation sites excluding steroid dienone is 2. The first-order valence-corrected chi connectivity index (χ1v) is 12.6. The summed E-state index contributed by atoms with van der Waals surface area (Å²) in [5, 5.41) is 5.82. The zero-order valence-electron chi connectivity index (χ0n) is 16.8. The van der Waals surface area contributed by atoms with Crippen LogP contribution in [0.3, 0.4) is 0 Å². The normalized spacial score (nSPS) is 20.5. The molecule has 3 aliphatic carbocycles. The lowest BCUT2D eigenvalue weighted by Gasteiger charge is -2.29. The highest BCUT2D eigenvalue weighted by Crippen LogP contribution is 2.55. The molecule has 3 aliphatic rings. The Hall–Kier alpha value is -2.52. The average Bonchev–Trinajstić information content (AvgIpc) is 3.07. The highest BCUT2D eigenvalue weighted by atomic mass is 32.3. The summed E-state index contributed by atoms with van der Waals surface area (Å²) in [7, 11) is -9.60. The van der Waals surface area contributed by atoms with Crippen LogP contribution in [0.1, 0.15) is 42.0 Å². The minimum atomic E-state index is -4.80. The molecule has 0 atom stereocenters. The Balaban J connectivity index is 0.000000162. The second-order valence-corrected chi connectivity index (χ2v) is 12.7. The summed E-state index contributed by atoms with van der Waals surface area (Å²) in [6.45, 7) is 1.36. The van der Waals surface area contributed by atoms with Crippen LogP contribution in [0, 0.1) is 5.92 Å². The molecule has 3 aromatic carbocycles. The average molecular weight is 457 g/mol. The van der Waals surface area contributed by atoms with Gasteiger partial charge in [0, 0.05) is 11.8 Å². The molecule has 0 saturated carbocycles. The standard InChI is InChI=1S/C20H12.C3H8O6S2/c1-2-12-5-6-14-9-10-15-8-7-13-4-3-11(1)16-17(12)19(14)20(15)18(13)16;1-3(2,10(4,5)6)11(7,8)9/h1-11,16H;1-2H3,(H,4,5,6)(H,7,8,9). The van der Waals surface area contributed by atoms with Crippen LogP contribution in [0.2, 0.25) is 0 Å². The van der Waals surface area contributed by atoms with Gasteiger partial charge in [0.25, 0.3) is 20.2 Å². The van der Waals surface area contributed by atoms with Gasteiger partial charge in [0.1, 0.15) is 0 Å². The summed E-state index contributed by atoms with van der Waals surface area (Å²) in [6.07, 6.45) is 9.39. The van der Waals surface area contributed by atoms with Crippen molar-refractivity contribution in [2.45, 2.75) is 23.8 Å². The molecule has 0 spiro atoms. The molecule has 0 amide bonds. The van der Waals surface area contributed by atoms with Crippen molar-refractivity contribution in [2.24, 2.45) is 5.92 Å². The molecule has 6 rings (SSSR count). The van der Waals surface area contributed by atoms with E-state index in [4.69, 9.17) is 9.11 Å². The van der Waals surface area contributed by atoms with Crippen LogP contribution >= 0.6 is 0 Å². The molecule has 0 unspecified atom stereocenters. The van der Waals surface area contributed by atoms with Crippen molar-refractivity contribution in [3.8, 4) is 0 Å². The van der Waals surface area contributed by atoms with E-state index in [9.17, 15) is 16.8 Å². The first-order chi connectivity index (χ1) is 14.4. The summed E-state index contributed by atoms with van der Waals surface area (Å²) in [5.74, 6) is 1.10. The van der Waals surface area contributed by atoms with E-state index in [1.807, 2.05) is 0 Å². The molecule has 0 saturated heterocycles. The number of hydrogen-bond donors (Lipinski definition) is 2. The van der Waals surface area contributed by atoms with Gasteiger partial charge in [-0.05, 0) is 57.6 Å². The second-order valence-electron chi connectivity index (χ2n) is 8.52. The minimum Gasteiger partial charge on any atom is -0.284 e. The number of benzene rings is 3. The lowest BCUT2D eigenvalue weighted by atomic mass is 9.74. The molecular weight excluding hydrogens is 436 g/mol. The Morgan fingerprint density at radius 2 is 1.10 bits per heavy atom. The van der Waals surface area contributed by atoms with E-state index in [2.05, 4.69) is 60.7 Å². The van der Waals surface area contributed by atoms with Gasteiger partial charge in [-0.2, -0.15) is 16.8 Å². The van der Waals surface area contributed by atoms with Crippen LogP contribution in [0.25, 0.3) is 33.7 Å². The molecule has 31 heavy (non-hydrogen) atoms. The van der Waals surface area contributed by atoms with Gasteiger partial charge in [-0.1, -0.05) is 60.7 Å². The zero-order chi connectivity index (χ0) is 22.3. The molecule has 2 N–H and O–H groups in total. The van der Waals surface area contributed by atoms with Gasteiger partial charge >= 0.3 is 0 Å². The van der Waals surface area contributed by atoms with Gasteiger partial charge in [0.15, 0.2) is 0 Å². The van der Waals surface area contributed by atoms with Crippen LogP contribution in [0.5, 0.6) is 0 Å². The van der Waals surface area contributed by atoms with Crippen molar-refractivity contribution >= 4 is 53.9 Å². The third kappa shape index (κ3) is 2.75. The molecular formula is C23H20O6S2. The number of rotatable bonds is 2. The van der Waals surface area contributed by atoms with E-state index in [1.54, 1.807) is 11.1 Å². The Morgan fingerprint density at radius 1 is 0.710 bits per heavy atom. The third-order valence-corrected chi connectivity index (χ3v) is 10.3. The summed E-state index contributed by atoms with van der Waals surface area (Å²) >= 11 is 0. The topological polar surface area (TPSA) is 109 Å². The van der Waals surface area contributed by atoms with Gasteiger partial charge in [-0.15, -0.1) is 0 Å². The van der Waals surface area contributed by atoms with Crippen LogP contribution in [-0.2, 0) is 20.2 Å². The molecule has 8 heteroatoms. The van der Waals surface area contributed by atoms with E-state index in [0.29, 0.717) is 25.7 Å². The van der Waals surface area contributed by atoms with Gasteiger partial charge in [0.05, 0.1) is 0 Å². The predicted octanol–water partition coefficient (Wildman–Crippen LogP) is 4.61. The maximum absolute atomic E-state index is 10.3. The lowest BCUT2D eigenvalue weighted by molar-refractivity contribution is 0.435. The van der Waals surface area contributed by atoms with E-state index < -0.39 is 24.3 Å². The first-order valence-electron chi connectivity index (χ1n) is 9.74. The SMILES string of the molecule is C1=CC2C=Cc3ccc4ccc5ccc1c1c5c4c3C12.CC(C)(S(=O)(=O)O)S(=O)(=O)O. The fraction of sp³-hybridized carbons (Fsp3) is 0.217. The van der Waals surface area contributed by atoms with Crippen LogP contribution in [-0.4, -0.2) is 30.0 Å². The summed E-state index contributed by atoms with van der Waals surface area (Å²) in [4.78, 5) is 0. The predicted molar refractivity (Wildman–Crippen MR) is 122 cm³/mol. The fourth-order valence-corrected chi connectivity index (χ4v) is 5.72. The molecule has 0 fully saturated rings. The van der Waals surface area contributed by atoms with E-state index in [-0.39, 0.29) is 0 Å². The van der Waals surface area contributed by atoms with Crippen molar-refractivity contribution in [3.05, 3.63) is 70.8 Å². The van der Waals surface area contributed by atoms with E-state index in [1.165, 1.54) is 32.7 Å². The van der Waals surface area contributed by atoms with Crippen LogP contribution in [0.4, 0.5) is 0 Å². The summed E-state index contributed by atoms with van der Waals surface area (Å²) in [5.41, 5.74) is 5.99. The Bertz CT molecular complexity index is 1450. The molecule has 6 nitrogen and oxygen atoms in total. The first kappa shape index (κ1) is 20.4. The van der Waals surface area contributed by atoms with Gasteiger partial charge in [-0.25, -0.2) is 0 Å². The van der Waals surface area contributed by atoms with Crippen molar-refractivity contribution in [1.29, 1.82) is 0 Å². The maximum atomic E-state index is 10.3. The maximum Gasteiger partial charge on any atom is 0.287 e. The van der Waals surface area contributed by atoms with Gasteiger partial charge in [0.2, 0.25) is 4.08 Å². The van der Waals surface area contributed by atoms with Crippen molar-refractivity contribution in [2.75, 3.05) is 0 Å². The summed E-state index contributed by atoms with van der Waals surface area (Å²) < 4.78 is 55.3. The molecule has 0 aliphatic heterocycles. The van der Waals surface area contributed by atoms with Crippen molar-refractivity contribution in [1.82, 2.24) is 0 Å². The second kappa shape index (κ2) is 6.26. The van der Waals surface area contributed by atoms with Crippen LogP contribution < -0.4 is 0 Å². The Morgan fingerprint density at radius 3 is 1.45 bits per heavy atom. The molecule has 0 bridgehead atoms. The highest BCUT2D eigenvalue weighted by Gasteiger charge is 2.45. The van der Waals surface area contributed by atoms with Crippen molar-refractivity contribution in [3.63, 3.8) is 0 Å². The third-order valence-electron chi connectivity index (χ3n) is 6.56. The van der Waals surface area contributed by atoms with Gasteiger partial charge < -0.3 is 0 Å². The number of hydrogen-bond acceptors (Lipinski definition) is 4. The van der Waals surface area contributed by atoms with Crippen LogP contribution in [0.15, 0.2) is 48.6 Å². The largest absolute Gasteiger partial charge is 0.287 e. The van der Waals surface area contributed by atoms with Gasteiger partial charge in [-0.3, -0.25) is 9.11 Å². The lowest BCUT2D eigenvalue weighted by Crippen LogP contribution is -2.39. The molecule has 3 aromatic rings. The Labute approximate surface area is 180 Å². The minimum absolute atomic E-state index is 0.540. The molecule has 160 valence electrons. The zero-order valence-corrected chi connectivity index (χ0v) is 18.4.